The van der Waals surface area contributed by atoms with Crippen molar-refractivity contribution in [1.82, 2.24) is 14.8 Å². The minimum absolute atomic E-state index is 0.351. The summed E-state index contributed by atoms with van der Waals surface area (Å²) in [4.78, 5) is 2.07. The van der Waals surface area contributed by atoms with E-state index in [1.54, 1.807) is 12.4 Å². The van der Waals surface area contributed by atoms with Gasteiger partial charge in [0, 0.05) is 19.2 Å². The molecule has 1 aliphatic heterocycles. The van der Waals surface area contributed by atoms with E-state index < -0.39 is 0 Å². The number of aromatic nitrogens is 3. The zero-order valence-electron chi connectivity index (χ0n) is 9.48. The molecule has 1 aromatic heterocycles. The molecule has 0 saturated carbocycles. The number of nitrogens with zero attached hydrogens (tertiary/aromatic N) is 4. The summed E-state index contributed by atoms with van der Waals surface area (Å²) in [5, 5.41) is 7.92. The molecule has 3 rings (SSSR count). The van der Waals surface area contributed by atoms with Crippen LogP contribution in [-0.4, -0.2) is 21.3 Å². The molecule has 5 nitrogen and oxygen atoms in total. The number of benzene rings is 1. The van der Waals surface area contributed by atoms with Crippen LogP contribution in [0, 0.1) is 5.82 Å². The Balaban J connectivity index is 1.95. The second-order valence-corrected chi connectivity index (χ2v) is 5.04. The lowest BCUT2D eigenvalue weighted by atomic mass is 10.2. The molecule has 7 heteroatoms. The molecule has 0 saturated heterocycles. The van der Waals surface area contributed by atoms with Crippen molar-refractivity contribution in [2.75, 3.05) is 17.2 Å². The van der Waals surface area contributed by atoms with Crippen LogP contribution >= 0.6 is 15.9 Å². The smallest absolute Gasteiger partial charge is 0.152 e. The minimum atomic E-state index is -0.351. The third kappa shape index (κ3) is 1.84. The van der Waals surface area contributed by atoms with Crippen molar-refractivity contribution in [3.05, 3.63) is 34.6 Å². The fourth-order valence-electron chi connectivity index (χ4n) is 2.10. The van der Waals surface area contributed by atoms with Crippen molar-refractivity contribution in [1.29, 1.82) is 0 Å². The Hall–Kier alpha value is -1.63. The van der Waals surface area contributed by atoms with Crippen LogP contribution in [-0.2, 0) is 13.1 Å². The van der Waals surface area contributed by atoms with Gasteiger partial charge in [-0.1, -0.05) is 0 Å². The summed E-state index contributed by atoms with van der Waals surface area (Å²) >= 11 is 3.18. The summed E-state index contributed by atoms with van der Waals surface area (Å²) in [6.45, 7) is 2.23. The molecule has 94 valence electrons. The van der Waals surface area contributed by atoms with E-state index in [2.05, 4.69) is 31.0 Å². The van der Waals surface area contributed by atoms with Crippen LogP contribution in [0.4, 0.5) is 15.8 Å². The lowest BCUT2D eigenvalue weighted by molar-refractivity contribution is 0.559. The first kappa shape index (κ1) is 11.5. The van der Waals surface area contributed by atoms with Crippen molar-refractivity contribution >= 4 is 27.3 Å². The Morgan fingerprint density at radius 1 is 1.33 bits per heavy atom. The van der Waals surface area contributed by atoms with Crippen molar-refractivity contribution in [2.45, 2.75) is 13.1 Å². The van der Waals surface area contributed by atoms with Gasteiger partial charge in [0.25, 0.3) is 0 Å². The van der Waals surface area contributed by atoms with Gasteiger partial charge in [-0.05, 0) is 22.0 Å². The third-order valence-electron chi connectivity index (χ3n) is 3.05. The van der Waals surface area contributed by atoms with Crippen LogP contribution in [0.25, 0.3) is 0 Å². The Morgan fingerprint density at radius 2 is 2.17 bits per heavy atom. The van der Waals surface area contributed by atoms with Gasteiger partial charge < -0.3 is 15.2 Å². The summed E-state index contributed by atoms with van der Waals surface area (Å²) < 4.78 is 15.8. The molecule has 2 N–H and O–H groups in total. The summed E-state index contributed by atoms with van der Waals surface area (Å²) in [6, 6.07) is 3.04. The van der Waals surface area contributed by atoms with Crippen molar-refractivity contribution in [3.63, 3.8) is 0 Å². The standard InChI is InChI=1S/C11H11BrFN5/c12-7-3-10(9(14)4-8(7)13)17-1-2-18-6-15-16-11(18)5-17/h3-4,6H,1-2,5,14H2. The monoisotopic (exact) mass is 311 g/mol. The topological polar surface area (TPSA) is 60.0 Å². The molecule has 0 amide bonds. The number of rotatable bonds is 1. The van der Waals surface area contributed by atoms with Gasteiger partial charge in [0.2, 0.25) is 0 Å². The van der Waals surface area contributed by atoms with E-state index in [1.165, 1.54) is 6.07 Å². The van der Waals surface area contributed by atoms with Crippen molar-refractivity contribution in [3.8, 4) is 0 Å². The highest BCUT2D eigenvalue weighted by molar-refractivity contribution is 9.10. The van der Waals surface area contributed by atoms with E-state index >= 15 is 0 Å². The molecular weight excluding hydrogens is 301 g/mol. The van der Waals surface area contributed by atoms with E-state index in [4.69, 9.17) is 5.73 Å². The second-order valence-electron chi connectivity index (χ2n) is 4.19. The molecule has 0 bridgehead atoms. The van der Waals surface area contributed by atoms with Crippen LogP contribution in [0.3, 0.4) is 0 Å². The molecule has 0 radical (unpaired) electrons. The van der Waals surface area contributed by atoms with Gasteiger partial charge >= 0.3 is 0 Å². The Labute approximate surface area is 112 Å². The van der Waals surface area contributed by atoms with Gasteiger partial charge in [0.1, 0.15) is 12.1 Å². The van der Waals surface area contributed by atoms with E-state index in [0.717, 1.165) is 24.6 Å². The molecule has 0 spiro atoms. The van der Waals surface area contributed by atoms with Gasteiger partial charge in [-0.3, -0.25) is 0 Å². The first-order valence-corrected chi connectivity index (χ1v) is 6.30. The predicted molar refractivity (Wildman–Crippen MR) is 69.6 cm³/mol. The number of hydrogen-bond donors (Lipinski definition) is 1. The maximum absolute atomic E-state index is 13.3. The molecule has 0 aliphatic carbocycles. The maximum atomic E-state index is 13.3. The average molecular weight is 312 g/mol. The van der Waals surface area contributed by atoms with Crippen LogP contribution < -0.4 is 10.6 Å². The quantitative estimate of drug-likeness (QED) is 0.816. The van der Waals surface area contributed by atoms with E-state index in [0.29, 0.717) is 16.7 Å². The number of fused-ring (bicyclic) bond motifs is 1. The lowest BCUT2D eigenvalue weighted by Crippen LogP contribution is -2.34. The zero-order valence-corrected chi connectivity index (χ0v) is 11.1. The van der Waals surface area contributed by atoms with Crippen LogP contribution in [0.2, 0.25) is 0 Å². The highest BCUT2D eigenvalue weighted by Gasteiger charge is 2.20. The summed E-state index contributed by atoms with van der Waals surface area (Å²) in [5.41, 5.74) is 7.12. The van der Waals surface area contributed by atoms with Gasteiger partial charge in [-0.15, -0.1) is 10.2 Å². The maximum Gasteiger partial charge on any atom is 0.152 e. The van der Waals surface area contributed by atoms with E-state index in [-0.39, 0.29) is 5.82 Å². The van der Waals surface area contributed by atoms with Crippen LogP contribution in [0.5, 0.6) is 0 Å². The van der Waals surface area contributed by atoms with E-state index in [1.807, 2.05) is 4.57 Å². The van der Waals surface area contributed by atoms with Gasteiger partial charge in [0.15, 0.2) is 5.82 Å². The fourth-order valence-corrected chi connectivity index (χ4v) is 2.43. The molecule has 0 atom stereocenters. The molecular formula is C11H11BrFN5. The Kier molecular flexibility index (Phi) is 2.70. The SMILES string of the molecule is Nc1cc(F)c(Br)cc1N1CCn2cnnc2C1. The highest BCUT2D eigenvalue weighted by atomic mass is 79.9. The highest BCUT2D eigenvalue weighted by Crippen LogP contribution is 2.31. The molecule has 0 fully saturated rings. The van der Waals surface area contributed by atoms with Crippen molar-refractivity contribution in [2.24, 2.45) is 0 Å². The van der Waals surface area contributed by atoms with Gasteiger partial charge in [-0.25, -0.2) is 4.39 Å². The molecule has 2 heterocycles. The fraction of sp³-hybridized carbons (Fsp3) is 0.273. The summed E-state index contributed by atoms with van der Waals surface area (Å²) in [5.74, 6) is 0.539. The first-order chi connectivity index (χ1) is 8.65. The number of nitrogens with two attached hydrogens (primary N) is 1. The van der Waals surface area contributed by atoms with E-state index in [9.17, 15) is 4.39 Å². The second kappa shape index (κ2) is 4.24. The van der Waals surface area contributed by atoms with Gasteiger partial charge in [-0.2, -0.15) is 0 Å². The number of hydrogen-bond acceptors (Lipinski definition) is 4. The first-order valence-electron chi connectivity index (χ1n) is 5.51. The average Bonchev–Trinajstić information content (AvgIpc) is 2.80. The van der Waals surface area contributed by atoms with Gasteiger partial charge in [0.05, 0.1) is 22.4 Å². The number of anilines is 2. The normalized spacial score (nSPS) is 14.7. The molecule has 1 aliphatic rings. The molecule has 0 unspecified atom stereocenters. The minimum Gasteiger partial charge on any atom is -0.397 e. The Morgan fingerprint density at radius 3 is 3.00 bits per heavy atom. The molecule has 2 aromatic rings. The predicted octanol–water partition coefficient (Wildman–Crippen LogP) is 1.78. The van der Waals surface area contributed by atoms with Crippen LogP contribution in [0.1, 0.15) is 5.82 Å². The third-order valence-corrected chi connectivity index (χ3v) is 3.66. The largest absolute Gasteiger partial charge is 0.397 e. The summed E-state index contributed by atoms with van der Waals surface area (Å²) in [7, 11) is 0. The number of nitrogen functional groups attached to an aromatic ring is 1. The number of halogens is 2. The zero-order chi connectivity index (χ0) is 12.7. The lowest BCUT2D eigenvalue weighted by Gasteiger charge is -2.30. The Bertz CT molecular complexity index is 597. The van der Waals surface area contributed by atoms with Crippen molar-refractivity contribution < 1.29 is 4.39 Å². The molecule has 18 heavy (non-hydrogen) atoms. The van der Waals surface area contributed by atoms with Crippen LogP contribution in [0.15, 0.2) is 22.9 Å². The molecule has 1 aromatic carbocycles. The summed E-state index contributed by atoms with van der Waals surface area (Å²) in [6.07, 6.45) is 1.72.